The Morgan fingerprint density at radius 3 is 2.89 bits per heavy atom. The van der Waals surface area contributed by atoms with Gasteiger partial charge in [0.1, 0.15) is 0 Å². The molecule has 0 radical (unpaired) electrons. The summed E-state index contributed by atoms with van der Waals surface area (Å²) < 4.78 is 5.44. The Bertz CT molecular complexity index is 636. The lowest BCUT2D eigenvalue weighted by atomic mass is 10.2. The summed E-state index contributed by atoms with van der Waals surface area (Å²) in [5, 5.41) is 0. The minimum atomic E-state index is -0.106. The minimum absolute atomic E-state index is 0.106. The van der Waals surface area contributed by atoms with Crippen molar-refractivity contribution >= 4 is 23.4 Å². The fourth-order valence-electron chi connectivity index (χ4n) is 2.23. The van der Waals surface area contributed by atoms with E-state index < -0.39 is 0 Å². The van der Waals surface area contributed by atoms with Gasteiger partial charge in [0.05, 0.1) is 11.4 Å². The van der Waals surface area contributed by atoms with Gasteiger partial charge in [-0.3, -0.25) is 4.79 Å². The lowest BCUT2D eigenvalue weighted by molar-refractivity contribution is 0.0959. The molecule has 19 heavy (non-hydrogen) atoms. The number of fused-ring (bicyclic) bond motifs is 1. The Balaban J connectivity index is 2.00. The molecule has 1 aliphatic rings. The van der Waals surface area contributed by atoms with Crippen LogP contribution in [-0.2, 0) is 0 Å². The molecule has 0 fully saturated rings. The Labute approximate surface area is 115 Å². The van der Waals surface area contributed by atoms with Crippen molar-refractivity contribution in [3.63, 3.8) is 0 Å². The molecule has 0 N–H and O–H groups in total. The van der Waals surface area contributed by atoms with E-state index in [2.05, 4.69) is 4.98 Å². The monoisotopic (exact) mass is 274 g/mol. The molecule has 1 amide bonds. The van der Waals surface area contributed by atoms with Crippen LogP contribution >= 0.6 is 11.8 Å². The largest absolute Gasteiger partial charge is 0.436 e. The van der Waals surface area contributed by atoms with Crippen molar-refractivity contribution in [3.05, 3.63) is 41.6 Å². The number of rotatable bonds is 1. The Hall–Kier alpha value is -1.75. The highest BCUT2D eigenvalue weighted by molar-refractivity contribution is 7.99. The summed E-state index contributed by atoms with van der Waals surface area (Å²) in [5.74, 6) is 1.67. The number of hydrogen-bond acceptors (Lipinski definition) is 4. The molecule has 3 rings (SSSR count). The number of benzene rings is 1. The second-order valence-corrected chi connectivity index (χ2v) is 5.56. The lowest BCUT2D eigenvalue weighted by Crippen LogP contribution is -2.35. The smallest absolute Gasteiger partial charge is 0.296 e. The Morgan fingerprint density at radius 1 is 1.37 bits per heavy atom. The molecule has 1 aromatic heterocycles. The molecule has 98 valence electrons. The van der Waals surface area contributed by atoms with Gasteiger partial charge in [-0.2, -0.15) is 0 Å². The molecule has 0 saturated carbocycles. The zero-order chi connectivity index (χ0) is 13.4. The maximum absolute atomic E-state index is 12.6. The third-order valence-corrected chi connectivity index (χ3v) is 4.11. The van der Waals surface area contributed by atoms with E-state index in [1.54, 1.807) is 30.5 Å². The first-order valence-electron chi connectivity index (χ1n) is 6.14. The molecule has 0 atom stereocenters. The van der Waals surface area contributed by atoms with Gasteiger partial charge in [-0.1, -0.05) is 12.1 Å². The highest BCUT2D eigenvalue weighted by atomic mass is 32.2. The van der Waals surface area contributed by atoms with E-state index in [1.165, 1.54) is 0 Å². The van der Waals surface area contributed by atoms with E-state index in [0.717, 1.165) is 16.3 Å². The number of amides is 1. The van der Waals surface area contributed by atoms with Crippen molar-refractivity contribution in [2.75, 3.05) is 17.2 Å². The number of carbonyl (C=O) groups excluding carboxylic acids is 1. The van der Waals surface area contributed by atoms with E-state index in [1.807, 2.05) is 24.3 Å². The number of nitrogens with zero attached hydrogens (tertiary/aromatic N) is 2. The molecular formula is C14H14N2O2S. The standard InChI is InChI=1S/C14H14N2O2S/c1-9-13(18-10(2)15-9)14(17)16-7-8-19-12-6-4-3-5-11(12)16/h3-6H,7-8H2,1-2H3. The van der Waals surface area contributed by atoms with Gasteiger partial charge in [-0.15, -0.1) is 11.8 Å². The number of aryl methyl sites for hydroxylation is 2. The van der Waals surface area contributed by atoms with Crippen LogP contribution in [0.3, 0.4) is 0 Å². The minimum Gasteiger partial charge on any atom is -0.436 e. The lowest BCUT2D eigenvalue weighted by Gasteiger charge is -2.28. The molecule has 0 spiro atoms. The van der Waals surface area contributed by atoms with Crippen LogP contribution in [0.25, 0.3) is 0 Å². The third-order valence-electron chi connectivity index (χ3n) is 3.07. The van der Waals surface area contributed by atoms with Crippen LogP contribution in [0.5, 0.6) is 0 Å². The van der Waals surface area contributed by atoms with Gasteiger partial charge < -0.3 is 9.32 Å². The van der Waals surface area contributed by atoms with Crippen LogP contribution in [0.1, 0.15) is 22.1 Å². The summed E-state index contributed by atoms with van der Waals surface area (Å²) in [6.07, 6.45) is 0. The molecule has 4 nitrogen and oxygen atoms in total. The van der Waals surface area contributed by atoms with E-state index in [9.17, 15) is 4.79 Å². The third kappa shape index (κ3) is 2.14. The van der Waals surface area contributed by atoms with E-state index in [-0.39, 0.29) is 5.91 Å². The van der Waals surface area contributed by atoms with Crippen molar-refractivity contribution in [1.29, 1.82) is 0 Å². The zero-order valence-electron chi connectivity index (χ0n) is 10.8. The number of anilines is 1. The van der Waals surface area contributed by atoms with Crippen LogP contribution in [0.15, 0.2) is 33.6 Å². The molecule has 2 aromatic rings. The maximum atomic E-state index is 12.6. The normalized spacial score (nSPS) is 14.3. The molecule has 5 heteroatoms. The molecule has 0 bridgehead atoms. The number of carbonyl (C=O) groups is 1. The number of para-hydroxylation sites is 1. The van der Waals surface area contributed by atoms with Gasteiger partial charge in [0.2, 0.25) is 5.76 Å². The van der Waals surface area contributed by atoms with Crippen molar-refractivity contribution < 1.29 is 9.21 Å². The molecule has 0 unspecified atom stereocenters. The van der Waals surface area contributed by atoms with Gasteiger partial charge in [-0.05, 0) is 19.1 Å². The number of oxazole rings is 1. The quantitative estimate of drug-likeness (QED) is 0.802. The Kier molecular flexibility index (Phi) is 3.06. The maximum Gasteiger partial charge on any atom is 0.296 e. The molecule has 1 aliphatic heterocycles. The average Bonchev–Trinajstić information content (AvgIpc) is 2.76. The first-order valence-corrected chi connectivity index (χ1v) is 7.13. The molecule has 1 aromatic carbocycles. The molecule has 0 aliphatic carbocycles. The van der Waals surface area contributed by atoms with E-state index in [0.29, 0.717) is 23.9 Å². The molecular weight excluding hydrogens is 260 g/mol. The van der Waals surface area contributed by atoms with Crippen LogP contribution in [-0.4, -0.2) is 23.2 Å². The second-order valence-electron chi connectivity index (χ2n) is 4.42. The van der Waals surface area contributed by atoms with Crippen LogP contribution in [0, 0.1) is 13.8 Å². The van der Waals surface area contributed by atoms with Gasteiger partial charge in [-0.25, -0.2) is 4.98 Å². The number of thioether (sulfide) groups is 1. The van der Waals surface area contributed by atoms with Gasteiger partial charge in [0.25, 0.3) is 5.91 Å². The summed E-state index contributed by atoms with van der Waals surface area (Å²) in [7, 11) is 0. The van der Waals surface area contributed by atoms with Gasteiger partial charge in [0, 0.05) is 24.1 Å². The van der Waals surface area contributed by atoms with Crippen LogP contribution in [0.2, 0.25) is 0 Å². The fourth-order valence-corrected chi connectivity index (χ4v) is 3.23. The Morgan fingerprint density at radius 2 is 2.16 bits per heavy atom. The summed E-state index contributed by atoms with van der Waals surface area (Å²) in [6.45, 7) is 4.25. The fraction of sp³-hybridized carbons (Fsp3) is 0.286. The predicted octanol–water partition coefficient (Wildman–Crippen LogP) is 3.04. The second kappa shape index (κ2) is 4.74. The van der Waals surface area contributed by atoms with Crippen LogP contribution < -0.4 is 4.90 Å². The predicted molar refractivity (Wildman–Crippen MR) is 74.8 cm³/mol. The molecule has 0 saturated heterocycles. The summed E-state index contributed by atoms with van der Waals surface area (Å²) in [4.78, 5) is 19.7. The summed E-state index contributed by atoms with van der Waals surface area (Å²) >= 11 is 1.77. The highest BCUT2D eigenvalue weighted by Crippen LogP contribution is 2.35. The molecule has 2 heterocycles. The average molecular weight is 274 g/mol. The first kappa shape index (κ1) is 12.3. The van der Waals surface area contributed by atoms with Crippen LogP contribution in [0.4, 0.5) is 5.69 Å². The van der Waals surface area contributed by atoms with Crippen molar-refractivity contribution in [2.24, 2.45) is 0 Å². The topological polar surface area (TPSA) is 46.3 Å². The number of hydrogen-bond donors (Lipinski definition) is 0. The van der Waals surface area contributed by atoms with Crippen molar-refractivity contribution in [1.82, 2.24) is 4.98 Å². The number of aromatic nitrogens is 1. The van der Waals surface area contributed by atoms with Gasteiger partial charge in [0.15, 0.2) is 5.89 Å². The summed E-state index contributed by atoms with van der Waals surface area (Å²) in [6, 6.07) is 7.95. The van der Waals surface area contributed by atoms with Crippen molar-refractivity contribution in [3.8, 4) is 0 Å². The van der Waals surface area contributed by atoms with Gasteiger partial charge >= 0.3 is 0 Å². The SMILES string of the molecule is Cc1nc(C)c(C(=O)N2CCSc3ccccc32)o1. The summed E-state index contributed by atoms with van der Waals surface area (Å²) in [5.41, 5.74) is 1.61. The van der Waals surface area contributed by atoms with E-state index >= 15 is 0 Å². The highest BCUT2D eigenvalue weighted by Gasteiger charge is 2.27. The first-order chi connectivity index (χ1) is 9.16. The van der Waals surface area contributed by atoms with E-state index in [4.69, 9.17) is 4.42 Å². The van der Waals surface area contributed by atoms with Crippen molar-refractivity contribution in [2.45, 2.75) is 18.7 Å². The zero-order valence-corrected chi connectivity index (χ0v) is 11.7.